The summed E-state index contributed by atoms with van der Waals surface area (Å²) in [6.07, 6.45) is 3.38. The highest BCUT2D eigenvalue weighted by Gasteiger charge is 1.98. The van der Waals surface area contributed by atoms with Crippen molar-refractivity contribution in [3.63, 3.8) is 0 Å². The average Bonchev–Trinajstić information content (AvgIpc) is 2.24. The van der Waals surface area contributed by atoms with Gasteiger partial charge < -0.3 is 0 Å². The molecule has 15 heavy (non-hydrogen) atoms. The summed E-state index contributed by atoms with van der Waals surface area (Å²) >= 11 is 3.42. The van der Waals surface area contributed by atoms with Crippen LogP contribution in [0.1, 0.15) is 24.8 Å². The number of unbranched alkanes of at least 4 members (excludes halogenated alkanes) is 1. The van der Waals surface area contributed by atoms with E-state index >= 15 is 0 Å². The van der Waals surface area contributed by atoms with Gasteiger partial charge in [0.2, 0.25) is 5.91 Å². The van der Waals surface area contributed by atoms with Crippen LogP contribution in [0.25, 0.3) is 0 Å². The van der Waals surface area contributed by atoms with Crippen molar-refractivity contribution < 1.29 is 4.79 Å². The standard InChI is InChI=1S/C11H15BrN2O/c12-10-6-3-5-9(8-10)4-1-2-7-11(15)14-13/h3,5-6,8H,1-2,4,7,13H2,(H,14,15). The van der Waals surface area contributed by atoms with Crippen LogP contribution >= 0.6 is 15.9 Å². The summed E-state index contributed by atoms with van der Waals surface area (Å²) in [6, 6.07) is 8.22. The van der Waals surface area contributed by atoms with Crippen molar-refractivity contribution >= 4 is 21.8 Å². The normalized spacial score (nSPS) is 10.0. The highest BCUT2D eigenvalue weighted by molar-refractivity contribution is 9.10. The molecule has 4 heteroatoms. The van der Waals surface area contributed by atoms with Crippen molar-refractivity contribution in [1.82, 2.24) is 5.43 Å². The van der Waals surface area contributed by atoms with Gasteiger partial charge in [-0.1, -0.05) is 28.1 Å². The van der Waals surface area contributed by atoms with Gasteiger partial charge in [0, 0.05) is 10.9 Å². The molecule has 3 N–H and O–H groups in total. The molecule has 0 fully saturated rings. The molecule has 1 aromatic carbocycles. The molecule has 0 radical (unpaired) electrons. The zero-order valence-corrected chi connectivity index (χ0v) is 10.1. The predicted molar refractivity (Wildman–Crippen MR) is 64.0 cm³/mol. The molecule has 0 unspecified atom stereocenters. The molecule has 0 heterocycles. The molecule has 0 aliphatic heterocycles. The Morgan fingerprint density at radius 2 is 2.20 bits per heavy atom. The topological polar surface area (TPSA) is 55.1 Å². The zero-order valence-electron chi connectivity index (χ0n) is 8.50. The van der Waals surface area contributed by atoms with Gasteiger partial charge in [0.15, 0.2) is 0 Å². The minimum Gasteiger partial charge on any atom is -0.294 e. The second-order valence-corrected chi connectivity index (χ2v) is 4.32. The van der Waals surface area contributed by atoms with E-state index in [1.165, 1.54) is 5.56 Å². The minimum absolute atomic E-state index is 0.0933. The van der Waals surface area contributed by atoms with Crippen LogP contribution in [0, 0.1) is 0 Å². The monoisotopic (exact) mass is 270 g/mol. The van der Waals surface area contributed by atoms with E-state index in [9.17, 15) is 4.79 Å². The lowest BCUT2D eigenvalue weighted by molar-refractivity contribution is -0.121. The third-order valence-electron chi connectivity index (χ3n) is 2.17. The molecule has 82 valence electrons. The molecule has 0 aliphatic carbocycles. The summed E-state index contributed by atoms with van der Waals surface area (Å²) in [7, 11) is 0. The predicted octanol–water partition coefficient (Wildman–Crippen LogP) is 2.15. The van der Waals surface area contributed by atoms with Crippen LogP contribution in [-0.4, -0.2) is 5.91 Å². The van der Waals surface area contributed by atoms with Gasteiger partial charge >= 0.3 is 0 Å². The first-order valence-electron chi connectivity index (χ1n) is 4.96. The van der Waals surface area contributed by atoms with E-state index in [0.717, 1.165) is 23.7 Å². The van der Waals surface area contributed by atoms with Crippen LogP contribution in [-0.2, 0) is 11.2 Å². The van der Waals surface area contributed by atoms with E-state index in [1.807, 2.05) is 12.1 Å². The first kappa shape index (κ1) is 12.2. The highest BCUT2D eigenvalue weighted by atomic mass is 79.9. The molecule has 3 nitrogen and oxygen atoms in total. The second-order valence-electron chi connectivity index (χ2n) is 3.40. The van der Waals surface area contributed by atoms with Crippen molar-refractivity contribution in [1.29, 1.82) is 0 Å². The quantitative estimate of drug-likeness (QED) is 0.373. The van der Waals surface area contributed by atoms with E-state index in [2.05, 4.69) is 33.5 Å². The smallest absolute Gasteiger partial charge is 0.233 e. The molecular weight excluding hydrogens is 256 g/mol. The number of carbonyl (C=O) groups is 1. The summed E-state index contributed by atoms with van der Waals surface area (Å²) < 4.78 is 1.10. The van der Waals surface area contributed by atoms with Gasteiger partial charge in [-0.2, -0.15) is 0 Å². The minimum atomic E-state index is -0.0933. The van der Waals surface area contributed by atoms with E-state index in [1.54, 1.807) is 0 Å². The summed E-state index contributed by atoms with van der Waals surface area (Å²) in [6.45, 7) is 0. The molecule has 0 aliphatic rings. The number of hydrogen-bond donors (Lipinski definition) is 2. The number of hydrogen-bond acceptors (Lipinski definition) is 2. The van der Waals surface area contributed by atoms with Gasteiger partial charge in [-0.05, 0) is 37.0 Å². The summed E-state index contributed by atoms with van der Waals surface area (Å²) in [4.78, 5) is 10.8. The number of halogens is 1. The van der Waals surface area contributed by atoms with Crippen molar-refractivity contribution in [2.45, 2.75) is 25.7 Å². The summed E-state index contributed by atoms with van der Waals surface area (Å²) in [5.41, 5.74) is 3.42. The maximum atomic E-state index is 10.8. The number of rotatable bonds is 5. The number of nitrogens with two attached hydrogens (primary N) is 1. The van der Waals surface area contributed by atoms with Gasteiger partial charge in [-0.3, -0.25) is 10.2 Å². The maximum absolute atomic E-state index is 10.8. The Bertz CT molecular complexity index is 328. The average molecular weight is 271 g/mol. The molecule has 0 atom stereocenters. The van der Waals surface area contributed by atoms with Crippen molar-refractivity contribution in [3.8, 4) is 0 Å². The number of nitrogens with one attached hydrogen (secondary N) is 1. The lowest BCUT2D eigenvalue weighted by Gasteiger charge is -2.02. The van der Waals surface area contributed by atoms with E-state index in [0.29, 0.717) is 6.42 Å². The summed E-state index contributed by atoms with van der Waals surface area (Å²) in [5, 5.41) is 0. The Labute approximate surface area is 98.1 Å². The molecular formula is C11H15BrN2O. The van der Waals surface area contributed by atoms with E-state index in [-0.39, 0.29) is 5.91 Å². The zero-order chi connectivity index (χ0) is 11.1. The van der Waals surface area contributed by atoms with Crippen molar-refractivity contribution in [3.05, 3.63) is 34.3 Å². The number of aryl methyl sites for hydroxylation is 1. The maximum Gasteiger partial charge on any atom is 0.233 e. The fraction of sp³-hybridized carbons (Fsp3) is 0.364. The first-order chi connectivity index (χ1) is 7.22. The first-order valence-corrected chi connectivity index (χ1v) is 5.75. The third kappa shape index (κ3) is 4.95. The number of benzene rings is 1. The van der Waals surface area contributed by atoms with Gasteiger partial charge in [0.05, 0.1) is 0 Å². The van der Waals surface area contributed by atoms with Gasteiger partial charge in [0.25, 0.3) is 0 Å². The van der Waals surface area contributed by atoms with Crippen LogP contribution in [0.3, 0.4) is 0 Å². The Morgan fingerprint density at radius 3 is 2.87 bits per heavy atom. The molecule has 0 bridgehead atoms. The molecule has 1 aromatic rings. The van der Waals surface area contributed by atoms with Crippen LogP contribution in [0.2, 0.25) is 0 Å². The van der Waals surface area contributed by atoms with Crippen LogP contribution in [0.5, 0.6) is 0 Å². The van der Waals surface area contributed by atoms with Gasteiger partial charge in [-0.25, -0.2) is 5.84 Å². The number of amides is 1. The van der Waals surface area contributed by atoms with E-state index < -0.39 is 0 Å². The second kappa shape index (κ2) is 6.58. The Kier molecular flexibility index (Phi) is 5.36. The molecule has 0 saturated heterocycles. The lowest BCUT2D eigenvalue weighted by atomic mass is 10.1. The summed E-state index contributed by atoms with van der Waals surface area (Å²) in [5.74, 6) is 4.89. The number of carbonyl (C=O) groups excluding carboxylic acids is 1. The third-order valence-corrected chi connectivity index (χ3v) is 2.66. The van der Waals surface area contributed by atoms with Crippen LogP contribution in [0.4, 0.5) is 0 Å². The fourth-order valence-electron chi connectivity index (χ4n) is 1.38. The highest BCUT2D eigenvalue weighted by Crippen LogP contribution is 2.13. The Hall–Kier alpha value is -0.870. The largest absolute Gasteiger partial charge is 0.294 e. The Balaban J connectivity index is 2.23. The molecule has 1 amide bonds. The van der Waals surface area contributed by atoms with Crippen LogP contribution in [0.15, 0.2) is 28.7 Å². The lowest BCUT2D eigenvalue weighted by Crippen LogP contribution is -2.29. The SMILES string of the molecule is NNC(=O)CCCCc1cccc(Br)c1. The van der Waals surface area contributed by atoms with Gasteiger partial charge in [0.1, 0.15) is 0 Å². The van der Waals surface area contributed by atoms with Crippen LogP contribution < -0.4 is 11.3 Å². The van der Waals surface area contributed by atoms with Crippen molar-refractivity contribution in [2.24, 2.45) is 5.84 Å². The molecule has 0 saturated carbocycles. The Morgan fingerprint density at radius 1 is 1.40 bits per heavy atom. The molecule has 1 rings (SSSR count). The van der Waals surface area contributed by atoms with E-state index in [4.69, 9.17) is 5.84 Å². The van der Waals surface area contributed by atoms with Gasteiger partial charge in [-0.15, -0.1) is 0 Å². The van der Waals surface area contributed by atoms with Crippen molar-refractivity contribution in [2.75, 3.05) is 0 Å². The molecule has 0 spiro atoms. The fourth-order valence-corrected chi connectivity index (χ4v) is 1.83. The molecule has 0 aromatic heterocycles. The number of hydrazine groups is 1.